The first-order chi connectivity index (χ1) is 13.1. The Labute approximate surface area is 171 Å². The third-order valence-corrected chi connectivity index (χ3v) is 7.55. The molecule has 0 atom stereocenters. The lowest BCUT2D eigenvalue weighted by Gasteiger charge is -2.18. The van der Waals surface area contributed by atoms with Crippen LogP contribution in [-0.4, -0.2) is 35.1 Å². The lowest BCUT2D eigenvalue weighted by Crippen LogP contribution is -2.29. The number of nitrogens with one attached hydrogen (secondary N) is 1. The Morgan fingerprint density at radius 2 is 1.86 bits per heavy atom. The van der Waals surface area contributed by atoms with E-state index in [-0.39, 0.29) is 35.1 Å². The van der Waals surface area contributed by atoms with Gasteiger partial charge in [-0.15, -0.1) is 0 Å². The highest BCUT2D eigenvalue weighted by Gasteiger charge is 2.37. The average Bonchev–Trinajstić information content (AvgIpc) is 2.90. The van der Waals surface area contributed by atoms with Crippen LogP contribution in [0.4, 0.5) is 11.4 Å². The van der Waals surface area contributed by atoms with E-state index in [1.54, 1.807) is 31.2 Å². The molecule has 1 saturated heterocycles. The van der Waals surface area contributed by atoms with Gasteiger partial charge in [-0.05, 0) is 49.4 Å². The normalized spacial score (nSPS) is 16.2. The van der Waals surface area contributed by atoms with Crippen LogP contribution in [0.2, 0.25) is 0 Å². The first kappa shape index (κ1) is 20.6. The Morgan fingerprint density at radius 1 is 1.18 bits per heavy atom. The van der Waals surface area contributed by atoms with Crippen LogP contribution in [0, 0.1) is 0 Å². The molecule has 2 aromatic rings. The van der Waals surface area contributed by atoms with Crippen molar-refractivity contribution in [2.45, 2.75) is 18.2 Å². The van der Waals surface area contributed by atoms with Crippen molar-refractivity contribution in [3.05, 3.63) is 46.9 Å². The van der Waals surface area contributed by atoms with Gasteiger partial charge in [0.25, 0.3) is 10.0 Å². The van der Waals surface area contributed by atoms with Crippen molar-refractivity contribution >= 4 is 53.3 Å². The number of carbonyl (C=O) groups excluding carboxylic acids is 1. The highest BCUT2D eigenvalue weighted by molar-refractivity contribution is 9.10. The number of anilines is 2. The summed E-state index contributed by atoms with van der Waals surface area (Å²) in [5, 5.41) is 0. The van der Waals surface area contributed by atoms with Gasteiger partial charge in [-0.1, -0.05) is 15.9 Å². The molecule has 1 amide bonds. The SMILES string of the molecule is CCOc1ccc(N2C(=O)CCS2(=O)=O)cc1S(=O)(=O)Nc1ccc(Br)cc1. The van der Waals surface area contributed by atoms with Crippen LogP contribution in [0.5, 0.6) is 5.75 Å². The van der Waals surface area contributed by atoms with Crippen LogP contribution in [0.15, 0.2) is 51.8 Å². The Hall–Kier alpha value is -2.11. The molecule has 1 aliphatic rings. The van der Waals surface area contributed by atoms with Crippen LogP contribution in [0.3, 0.4) is 0 Å². The van der Waals surface area contributed by atoms with Gasteiger partial charge >= 0.3 is 0 Å². The van der Waals surface area contributed by atoms with Gasteiger partial charge in [-0.25, -0.2) is 21.1 Å². The number of rotatable bonds is 6. The van der Waals surface area contributed by atoms with E-state index in [4.69, 9.17) is 4.74 Å². The van der Waals surface area contributed by atoms with Crippen molar-refractivity contribution in [3.8, 4) is 5.75 Å². The molecule has 3 rings (SSSR count). The molecule has 0 bridgehead atoms. The van der Waals surface area contributed by atoms with Gasteiger partial charge in [0.1, 0.15) is 10.6 Å². The number of hydrogen-bond acceptors (Lipinski definition) is 6. The molecule has 1 N–H and O–H groups in total. The summed E-state index contributed by atoms with van der Waals surface area (Å²) in [6, 6.07) is 10.3. The molecule has 8 nitrogen and oxygen atoms in total. The highest BCUT2D eigenvalue weighted by atomic mass is 79.9. The second kappa shape index (κ2) is 7.72. The maximum atomic E-state index is 12.9. The van der Waals surface area contributed by atoms with Crippen molar-refractivity contribution < 1.29 is 26.4 Å². The van der Waals surface area contributed by atoms with Crippen molar-refractivity contribution in [1.82, 2.24) is 0 Å². The van der Waals surface area contributed by atoms with Gasteiger partial charge in [0, 0.05) is 16.6 Å². The minimum Gasteiger partial charge on any atom is -0.492 e. The number of ether oxygens (including phenoxy) is 1. The first-order valence-electron chi connectivity index (χ1n) is 8.25. The lowest BCUT2D eigenvalue weighted by molar-refractivity contribution is -0.116. The summed E-state index contributed by atoms with van der Waals surface area (Å²) < 4.78 is 59.5. The molecule has 150 valence electrons. The molecule has 1 fully saturated rings. The largest absolute Gasteiger partial charge is 0.492 e. The van der Waals surface area contributed by atoms with E-state index >= 15 is 0 Å². The number of amides is 1. The average molecular weight is 489 g/mol. The number of nitrogens with zero attached hydrogens (tertiary/aromatic N) is 1. The van der Waals surface area contributed by atoms with Gasteiger partial charge in [0.15, 0.2) is 0 Å². The van der Waals surface area contributed by atoms with Gasteiger partial charge in [0.2, 0.25) is 15.9 Å². The molecule has 28 heavy (non-hydrogen) atoms. The minimum atomic E-state index is -4.11. The van der Waals surface area contributed by atoms with E-state index in [9.17, 15) is 21.6 Å². The molecule has 1 aliphatic heterocycles. The predicted octanol–water partition coefficient (Wildman–Crippen LogP) is 2.72. The van der Waals surface area contributed by atoms with Crippen LogP contribution >= 0.6 is 15.9 Å². The summed E-state index contributed by atoms with van der Waals surface area (Å²) in [6.07, 6.45) is -0.144. The number of sulfonamides is 2. The molecule has 2 aromatic carbocycles. The molecule has 0 aliphatic carbocycles. The van der Waals surface area contributed by atoms with Crippen molar-refractivity contribution in [1.29, 1.82) is 0 Å². The molecule has 0 unspecified atom stereocenters. The number of carbonyl (C=O) groups is 1. The third-order valence-electron chi connectivity index (χ3n) is 3.93. The predicted molar refractivity (Wildman–Crippen MR) is 108 cm³/mol. The number of hydrogen-bond donors (Lipinski definition) is 1. The Kier molecular flexibility index (Phi) is 5.69. The van der Waals surface area contributed by atoms with E-state index in [0.717, 1.165) is 10.5 Å². The van der Waals surface area contributed by atoms with E-state index in [2.05, 4.69) is 20.7 Å². The molecule has 11 heteroatoms. The fourth-order valence-electron chi connectivity index (χ4n) is 2.70. The topological polar surface area (TPSA) is 110 Å². The maximum absolute atomic E-state index is 12.9. The molecule has 0 saturated carbocycles. The van der Waals surface area contributed by atoms with Crippen molar-refractivity contribution in [2.75, 3.05) is 21.4 Å². The van der Waals surface area contributed by atoms with E-state index in [0.29, 0.717) is 9.99 Å². The molecule has 0 spiro atoms. The summed E-state index contributed by atoms with van der Waals surface area (Å²) in [5.74, 6) is -0.855. The molecular weight excluding hydrogens is 472 g/mol. The Morgan fingerprint density at radius 3 is 2.43 bits per heavy atom. The second-order valence-corrected chi connectivity index (χ2v) is 10.4. The van der Waals surface area contributed by atoms with Gasteiger partial charge < -0.3 is 4.74 Å². The van der Waals surface area contributed by atoms with Gasteiger partial charge in [-0.3, -0.25) is 9.52 Å². The minimum absolute atomic E-state index is 0.0397. The summed E-state index contributed by atoms with van der Waals surface area (Å²) in [7, 11) is -7.93. The lowest BCUT2D eigenvalue weighted by atomic mass is 10.3. The van der Waals surface area contributed by atoms with Crippen LogP contribution in [0.1, 0.15) is 13.3 Å². The van der Waals surface area contributed by atoms with Crippen LogP contribution < -0.4 is 13.8 Å². The van der Waals surface area contributed by atoms with Crippen LogP contribution in [-0.2, 0) is 24.8 Å². The van der Waals surface area contributed by atoms with Crippen LogP contribution in [0.25, 0.3) is 0 Å². The molecular formula is C17H17BrN2O6S2. The van der Waals surface area contributed by atoms with Gasteiger partial charge in [-0.2, -0.15) is 0 Å². The summed E-state index contributed by atoms with van der Waals surface area (Å²) in [5.41, 5.74) is 0.281. The van der Waals surface area contributed by atoms with E-state index < -0.39 is 26.0 Å². The summed E-state index contributed by atoms with van der Waals surface area (Å²) >= 11 is 3.27. The monoisotopic (exact) mass is 488 g/mol. The summed E-state index contributed by atoms with van der Waals surface area (Å²) in [4.78, 5) is 11.8. The number of halogens is 1. The fourth-order valence-corrected chi connectivity index (χ4v) is 5.64. The molecule has 1 heterocycles. The van der Waals surface area contributed by atoms with Gasteiger partial charge in [0.05, 0.1) is 18.0 Å². The standard InChI is InChI=1S/C17H17BrN2O6S2/c1-2-26-15-8-7-14(20-17(21)9-10-27(20,22)23)11-16(15)28(24,25)19-13-5-3-12(18)4-6-13/h3-8,11,19H,2,9-10H2,1H3. The van der Waals surface area contributed by atoms with Crippen molar-refractivity contribution in [2.24, 2.45) is 0 Å². The van der Waals surface area contributed by atoms with E-state index in [1.165, 1.54) is 12.1 Å². The Balaban J connectivity index is 2.07. The third kappa shape index (κ3) is 4.15. The zero-order valence-electron chi connectivity index (χ0n) is 14.8. The zero-order valence-corrected chi connectivity index (χ0v) is 18.0. The van der Waals surface area contributed by atoms with E-state index in [1.807, 2.05) is 0 Å². The highest BCUT2D eigenvalue weighted by Crippen LogP contribution is 2.33. The quantitative estimate of drug-likeness (QED) is 0.669. The molecule has 0 radical (unpaired) electrons. The fraction of sp³-hybridized carbons (Fsp3) is 0.235. The Bertz CT molecular complexity index is 1110. The first-order valence-corrected chi connectivity index (χ1v) is 12.1. The summed E-state index contributed by atoms with van der Waals surface area (Å²) in [6.45, 7) is 1.90. The van der Waals surface area contributed by atoms with Crippen molar-refractivity contribution in [3.63, 3.8) is 0 Å². The smallest absolute Gasteiger partial charge is 0.265 e. The second-order valence-electron chi connectivity index (χ2n) is 5.90. The number of benzene rings is 2. The zero-order chi connectivity index (χ0) is 20.5. The maximum Gasteiger partial charge on any atom is 0.265 e. The molecule has 0 aromatic heterocycles.